The summed E-state index contributed by atoms with van der Waals surface area (Å²) in [5.74, 6) is -1.93. The standard InChI is InChI=1S/C27H35F3N4O3/c1-16(2)18-11-9-17(10-12-18)14-32-23(26(3,4)5)22(24(31)36)34-21(35)15-33-25(37)19-7-6-8-20(13-19)27(28,29)30/h6-13,16,22-23,32H,14-15H2,1-5H3,(H2,31,36)(H,33,37)(H,34,35). The largest absolute Gasteiger partial charge is 0.416 e. The molecule has 0 radical (unpaired) electrons. The van der Waals surface area contributed by atoms with Crippen molar-refractivity contribution in [3.05, 3.63) is 70.8 Å². The predicted molar refractivity (Wildman–Crippen MR) is 136 cm³/mol. The third-order valence-corrected chi connectivity index (χ3v) is 5.92. The first-order valence-corrected chi connectivity index (χ1v) is 12.0. The van der Waals surface area contributed by atoms with Gasteiger partial charge in [0.15, 0.2) is 0 Å². The van der Waals surface area contributed by atoms with E-state index in [4.69, 9.17) is 5.73 Å². The zero-order chi connectivity index (χ0) is 28.0. The number of benzene rings is 2. The van der Waals surface area contributed by atoms with Gasteiger partial charge in [-0.1, -0.05) is 65.0 Å². The first-order valence-electron chi connectivity index (χ1n) is 12.0. The normalized spacial score (nSPS) is 13.6. The lowest BCUT2D eigenvalue weighted by molar-refractivity contribution is -0.137. The van der Waals surface area contributed by atoms with Gasteiger partial charge in [0.1, 0.15) is 6.04 Å². The minimum atomic E-state index is -4.60. The van der Waals surface area contributed by atoms with E-state index in [-0.39, 0.29) is 5.56 Å². The van der Waals surface area contributed by atoms with Crippen LogP contribution in [0.2, 0.25) is 0 Å². The molecule has 2 atom stereocenters. The molecule has 0 spiro atoms. The van der Waals surface area contributed by atoms with Gasteiger partial charge in [-0.05, 0) is 40.7 Å². The molecule has 0 fully saturated rings. The van der Waals surface area contributed by atoms with Gasteiger partial charge in [0.2, 0.25) is 11.8 Å². The van der Waals surface area contributed by atoms with E-state index in [9.17, 15) is 27.6 Å². The van der Waals surface area contributed by atoms with Gasteiger partial charge in [-0.15, -0.1) is 0 Å². The molecule has 0 aromatic heterocycles. The Morgan fingerprint density at radius 1 is 0.973 bits per heavy atom. The second-order valence-electron chi connectivity index (χ2n) is 10.3. The maximum absolute atomic E-state index is 12.9. The van der Waals surface area contributed by atoms with E-state index in [1.807, 2.05) is 45.0 Å². The lowest BCUT2D eigenvalue weighted by Crippen LogP contribution is -2.61. The Kier molecular flexibility index (Phi) is 9.86. The summed E-state index contributed by atoms with van der Waals surface area (Å²) in [4.78, 5) is 37.2. The van der Waals surface area contributed by atoms with E-state index < -0.39 is 53.5 Å². The minimum absolute atomic E-state index is 0.244. The zero-order valence-corrected chi connectivity index (χ0v) is 21.7. The molecule has 2 rings (SSSR count). The molecule has 202 valence electrons. The topological polar surface area (TPSA) is 113 Å². The number of carbonyl (C=O) groups is 3. The van der Waals surface area contributed by atoms with E-state index in [1.54, 1.807) is 0 Å². The van der Waals surface area contributed by atoms with Crippen LogP contribution in [0.25, 0.3) is 0 Å². The summed E-state index contributed by atoms with van der Waals surface area (Å²) >= 11 is 0. The van der Waals surface area contributed by atoms with Crippen LogP contribution < -0.4 is 21.7 Å². The Bertz CT molecular complexity index is 1090. The average molecular weight is 521 g/mol. The van der Waals surface area contributed by atoms with Crippen molar-refractivity contribution >= 4 is 17.7 Å². The van der Waals surface area contributed by atoms with Gasteiger partial charge in [0.05, 0.1) is 12.1 Å². The number of hydrogen-bond donors (Lipinski definition) is 4. The number of amides is 3. The fourth-order valence-electron chi connectivity index (χ4n) is 3.81. The Morgan fingerprint density at radius 2 is 1.59 bits per heavy atom. The van der Waals surface area contributed by atoms with E-state index >= 15 is 0 Å². The lowest BCUT2D eigenvalue weighted by Gasteiger charge is -2.37. The molecule has 0 aliphatic rings. The molecule has 0 bridgehead atoms. The second kappa shape index (κ2) is 12.2. The summed E-state index contributed by atoms with van der Waals surface area (Å²) in [7, 11) is 0. The van der Waals surface area contributed by atoms with Crippen molar-refractivity contribution in [3.63, 3.8) is 0 Å². The maximum atomic E-state index is 12.9. The van der Waals surface area contributed by atoms with Crippen LogP contribution in [0.5, 0.6) is 0 Å². The molecule has 2 unspecified atom stereocenters. The highest BCUT2D eigenvalue weighted by molar-refractivity contribution is 5.97. The fourth-order valence-corrected chi connectivity index (χ4v) is 3.81. The summed E-state index contributed by atoms with van der Waals surface area (Å²) in [5.41, 5.74) is 6.10. The first kappa shape index (κ1) is 29.8. The van der Waals surface area contributed by atoms with Gasteiger partial charge < -0.3 is 21.7 Å². The highest BCUT2D eigenvalue weighted by Crippen LogP contribution is 2.29. The maximum Gasteiger partial charge on any atom is 0.416 e. The van der Waals surface area contributed by atoms with Crippen LogP contribution in [0.4, 0.5) is 13.2 Å². The Hall–Kier alpha value is -3.40. The molecule has 7 nitrogen and oxygen atoms in total. The average Bonchev–Trinajstić information content (AvgIpc) is 2.80. The molecule has 10 heteroatoms. The highest BCUT2D eigenvalue weighted by atomic mass is 19.4. The number of carbonyl (C=O) groups excluding carboxylic acids is 3. The first-order chi connectivity index (χ1) is 17.1. The third kappa shape index (κ3) is 8.89. The molecule has 0 aliphatic heterocycles. The molecule has 0 saturated heterocycles. The number of alkyl halides is 3. The van der Waals surface area contributed by atoms with Crippen molar-refractivity contribution in [3.8, 4) is 0 Å². The number of primary amides is 1. The monoisotopic (exact) mass is 520 g/mol. The van der Waals surface area contributed by atoms with Crippen LogP contribution in [-0.2, 0) is 22.3 Å². The minimum Gasteiger partial charge on any atom is -0.368 e. The van der Waals surface area contributed by atoms with Crippen molar-refractivity contribution in [2.24, 2.45) is 11.1 Å². The SMILES string of the molecule is CC(C)c1ccc(CNC(C(NC(=O)CNC(=O)c2cccc(C(F)(F)F)c2)C(N)=O)C(C)(C)C)cc1. The molecule has 3 amide bonds. The number of halogens is 3. The van der Waals surface area contributed by atoms with Crippen LogP contribution in [-0.4, -0.2) is 36.3 Å². The van der Waals surface area contributed by atoms with Gasteiger partial charge in [-0.25, -0.2) is 0 Å². The summed E-state index contributed by atoms with van der Waals surface area (Å²) in [6, 6.07) is 10.3. The molecule has 0 heterocycles. The van der Waals surface area contributed by atoms with Crippen LogP contribution in [0.1, 0.15) is 67.6 Å². The molecule has 5 N–H and O–H groups in total. The van der Waals surface area contributed by atoms with Gasteiger partial charge in [-0.3, -0.25) is 14.4 Å². The van der Waals surface area contributed by atoms with Gasteiger partial charge in [0, 0.05) is 18.2 Å². The molecular weight excluding hydrogens is 485 g/mol. The number of nitrogens with two attached hydrogens (primary N) is 1. The van der Waals surface area contributed by atoms with Crippen molar-refractivity contribution in [2.45, 2.75) is 65.3 Å². The number of nitrogens with one attached hydrogen (secondary N) is 3. The fraction of sp³-hybridized carbons (Fsp3) is 0.444. The van der Waals surface area contributed by atoms with E-state index in [0.29, 0.717) is 18.5 Å². The molecule has 0 saturated carbocycles. The van der Waals surface area contributed by atoms with Crippen molar-refractivity contribution < 1.29 is 27.6 Å². The van der Waals surface area contributed by atoms with Crippen LogP contribution in [0.3, 0.4) is 0 Å². The molecule has 0 aliphatic carbocycles. The number of hydrogen-bond acceptors (Lipinski definition) is 4. The Balaban J connectivity index is 2.06. The van der Waals surface area contributed by atoms with Crippen LogP contribution in [0, 0.1) is 5.41 Å². The quantitative estimate of drug-likeness (QED) is 0.382. The highest BCUT2D eigenvalue weighted by Gasteiger charge is 2.36. The Morgan fingerprint density at radius 3 is 2.11 bits per heavy atom. The van der Waals surface area contributed by atoms with Gasteiger partial charge in [-0.2, -0.15) is 13.2 Å². The van der Waals surface area contributed by atoms with Crippen LogP contribution in [0.15, 0.2) is 48.5 Å². The summed E-state index contributed by atoms with van der Waals surface area (Å²) < 4.78 is 38.7. The number of rotatable bonds is 10. The van der Waals surface area contributed by atoms with Crippen LogP contribution >= 0.6 is 0 Å². The van der Waals surface area contributed by atoms with E-state index in [1.165, 1.54) is 11.6 Å². The van der Waals surface area contributed by atoms with Gasteiger partial charge >= 0.3 is 6.18 Å². The van der Waals surface area contributed by atoms with Crippen molar-refractivity contribution in [2.75, 3.05) is 6.54 Å². The zero-order valence-electron chi connectivity index (χ0n) is 21.7. The predicted octanol–water partition coefficient (Wildman–Crippen LogP) is 3.73. The van der Waals surface area contributed by atoms with E-state index in [0.717, 1.165) is 17.7 Å². The summed E-state index contributed by atoms with van der Waals surface area (Å²) in [6.45, 7) is 9.76. The Labute approximate surface area is 215 Å². The molecule has 2 aromatic carbocycles. The second-order valence-corrected chi connectivity index (χ2v) is 10.3. The van der Waals surface area contributed by atoms with Gasteiger partial charge in [0.25, 0.3) is 5.91 Å². The van der Waals surface area contributed by atoms with Crippen molar-refractivity contribution in [1.29, 1.82) is 0 Å². The summed E-state index contributed by atoms with van der Waals surface area (Å²) in [6.07, 6.45) is -4.60. The van der Waals surface area contributed by atoms with E-state index in [2.05, 4.69) is 29.8 Å². The lowest BCUT2D eigenvalue weighted by atomic mass is 9.81. The molecule has 37 heavy (non-hydrogen) atoms. The molecule has 2 aromatic rings. The van der Waals surface area contributed by atoms with Crippen molar-refractivity contribution in [1.82, 2.24) is 16.0 Å². The molecular formula is C27H35F3N4O3. The smallest absolute Gasteiger partial charge is 0.368 e. The third-order valence-electron chi connectivity index (χ3n) is 5.92. The summed E-state index contributed by atoms with van der Waals surface area (Å²) in [5, 5.41) is 8.15.